The lowest BCUT2D eigenvalue weighted by Gasteiger charge is -2.35. The summed E-state index contributed by atoms with van der Waals surface area (Å²) in [6.07, 6.45) is -5.58. The van der Waals surface area contributed by atoms with Crippen LogP contribution in [0.1, 0.15) is 25.7 Å². The highest BCUT2D eigenvalue weighted by molar-refractivity contribution is 5.90. The highest BCUT2D eigenvalue weighted by Crippen LogP contribution is 2.28. The number of carbonyl (C=O) groups excluding carboxylic acids is 4. The van der Waals surface area contributed by atoms with Crippen LogP contribution in [0.2, 0.25) is 0 Å². The van der Waals surface area contributed by atoms with Gasteiger partial charge in [0.25, 0.3) is 0 Å². The number of carbonyl (C=O) groups is 4. The first-order valence-corrected chi connectivity index (χ1v) is 8.32. The molecule has 0 aromatic rings. The Morgan fingerprint density at radius 1 is 1.00 bits per heavy atom. The summed E-state index contributed by atoms with van der Waals surface area (Å²) in [4.78, 5) is 49.1. The van der Waals surface area contributed by atoms with E-state index < -0.39 is 61.2 Å². The number of nitrogens with one attached hydrogen (secondary N) is 3. The Hall–Kier alpha value is -2.33. The Labute approximate surface area is 147 Å². The van der Waals surface area contributed by atoms with E-state index in [-0.39, 0.29) is 19.6 Å². The summed E-state index contributed by atoms with van der Waals surface area (Å²) in [5, 5.41) is 7.14. The summed E-state index contributed by atoms with van der Waals surface area (Å²) in [7, 11) is 0. The van der Waals surface area contributed by atoms with Gasteiger partial charge in [-0.15, -0.1) is 0 Å². The van der Waals surface area contributed by atoms with E-state index in [9.17, 15) is 32.3 Å². The molecule has 146 valence electrons. The third-order valence-electron chi connectivity index (χ3n) is 4.25. The number of amides is 4. The molecule has 8 nitrogen and oxygen atoms in total. The number of hydrogen-bond acceptors (Lipinski definition) is 4. The van der Waals surface area contributed by atoms with Gasteiger partial charge in [0, 0.05) is 25.6 Å². The minimum atomic E-state index is -4.60. The number of rotatable bonds is 1. The predicted octanol–water partition coefficient (Wildman–Crippen LogP) is -0.702. The van der Waals surface area contributed by atoms with E-state index in [1.165, 1.54) is 4.90 Å². The van der Waals surface area contributed by atoms with Crippen molar-refractivity contribution in [2.75, 3.05) is 26.2 Å². The van der Waals surface area contributed by atoms with Crippen molar-refractivity contribution >= 4 is 23.6 Å². The van der Waals surface area contributed by atoms with E-state index in [1.807, 2.05) is 0 Å². The second-order valence-corrected chi connectivity index (χ2v) is 6.46. The van der Waals surface area contributed by atoms with Gasteiger partial charge in [0.05, 0.1) is 25.4 Å². The molecule has 0 saturated carbocycles. The fourth-order valence-corrected chi connectivity index (χ4v) is 3.07. The first-order chi connectivity index (χ1) is 12.1. The topological polar surface area (TPSA) is 108 Å². The van der Waals surface area contributed by atoms with Gasteiger partial charge in [-0.05, 0) is 12.8 Å². The smallest absolute Gasteiger partial charge is 0.350 e. The second kappa shape index (κ2) is 8.37. The molecule has 0 radical (unpaired) electrons. The van der Waals surface area contributed by atoms with Crippen LogP contribution in [0.25, 0.3) is 0 Å². The molecule has 0 aliphatic carbocycles. The minimum absolute atomic E-state index is 0.0779. The Bertz CT molecular complexity index is 582. The minimum Gasteiger partial charge on any atom is -0.350 e. The van der Waals surface area contributed by atoms with Gasteiger partial charge in [0.1, 0.15) is 0 Å². The predicted molar refractivity (Wildman–Crippen MR) is 82.5 cm³/mol. The third-order valence-corrected chi connectivity index (χ3v) is 4.25. The van der Waals surface area contributed by atoms with E-state index in [2.05, 4.69) is 16.0 Å². The van der Waals surface area contributed by atoms with Crippen LogP contribution in [0.15, 0.2) is 0 Å². The average Bonchev–Trinajstić information content (AvgIpc) is 2.55. The third kappa shape index (κ3) is 6.19. The molecule has 0 aromatic heterocycles. The maximum Gasteiger partial charge on any atom is 0.389 e. The molecule has 2 heterocycles. The van der Waals surface area contributed by atoms with E-state index in [0.717, 1.165) is 0 Å². The van der Waals surface area contributed by atoms with Crippen molar-refractivity contribution in [3.8, 4) is 0 Å². The molecule has 2 bridgehead atoms. The zero-order chi connectivity index (χ0) is 19.3. The maximum absolute atomic E-state index is 12.8. The zero-order valence-corrected chi connectivity index (χ0v) is 14.0. The summed E-state index contributed by atoms with van der Waals surface area (Å²) in [5.41, 5.74) is 0. The quantitative estimate of drug-likeness (QED) is 0.561. The molecule has 26 heavy (non-hydrogen) atoms. The van der Waals surface area contributed by atoms with Gasteiger partial charge in [0.2, 0.25) is 23.6 Å². The first kappa shape index (κ1) is 20.0. The van der Waals surface area contributed by atoms with E-state index in [1.54, 1.807) is 0 Å². The molecule has 2 aliphatic heterocycles. The number of nitrogens with zero attached hydrogens (tertiary/aromatic N) is 1. The van der Waals surface area contributed by atoms with E-state index >= 15 is 0 Å². The van der Waals surface area contributed by atoms with Crippen molar-refractivity contribution in [2.24, 2.45) is 5.92 Å². The number of hydrogen-bond donors (Lipinski definition) is 3. The molecule has 2 aliphatic rings. The van der Waals surface area contributed by atoms with Crippen LogP contribution in [-0.4, -0.2) is 66.9 Å². The molecule has 3 N–H and O–H groups in total. The Morgan fingerprint density at radius 3 is 2.35 bits per heavy atom. The monoisotopic (exact) mass is 378 g/mol. The molecule has 11 heteroatoms. The lowest BCUT2D eigenvalue weighted by atomic mass is 9.96. The molecule has 2 rings (SSSR count). The van der Waals surface area contributed by atoms with Gasteiger partial charge in [0.15, 0.2) is 0 Å². The number of fused-ring (bicyclic) bond motifs is 2. The van der Waals surface area contributed by atoms with E-state index in [4.69, 9.17) is 0 Å². The van der Waals surface area contributed by atoms with Crippen LogP contribution in [0.5, 0.6) is 0 Å². The van der Waals surface area contributed by atoms with Crippen LogP contribution >= 0.6 is 0 Å². The average molecular weight is 378 g/mol. The van der Waals surface area contributed by atoms with Gasteiger partial charge in [-0.2, -0.15) is 13.2 Å². The summed E-state index contributed by atoms with van der Waals surface area (Å²) in [6, 6.07) is -0.402. The fourth-order valence-electron chi connectivity index (χ4n) is 3.07. The van der Waals surface area contributed by atoms with Gasteiger partial charge < -0.3 is 20.9 Å². The molecule has 2 unspecified atom stereocenters. The van der Waals surface area contributed by atoms with Crippen molar-refractivity contribution in [1.29, 1.82) is 0 Å². The van der Waals surface area contributed by atoms with Crippen LogP contribution in [0.4, 0.5) is 13.2 Å². The van der Waals surface area contributed by atoms with Gasteiger partial charge >= 0.3 is 6.18 Å². The Kier molecular flexibility index (Phi) is 6.43. The second-order valence-electron chi connectivity index (χ2n) is 6.46. The zero-order valence-electron chi connectivity index (χ0n) is 14.0. The van der Waals surface area contributed by atoms with Crippen LogP contribution in [-0.2, 0) is 19.2 Å². The van der Waals surface area contributed by atoms with Crippen LogP contribution in [0, 0.1) is 5.92 Å². The number of halogens is 3. The Balaban J connectivity index is 2.19. The molecule has 2 atom stereocenters. The van der Waals surface area contributed by atoms with Crippen LogP contribution in [0.3, 0.4) is 0 Å². The van der Waals surface area contributed by atoms with Gasteiger partial charge in [-0.25, -0.2) is 0 Å². The van der Waals surface area contributed by atoms with Gasteiger partial charge in [-0.1, -0.05) is 0 Å². The molecular weight excluding hydrogens is 357 g/mol. The Morgan fingerprint density at radius 2 is 1.65 bits per heavy atom. The summed E-state index contributed by atoms with van der Waals surface area (Å²) in [6.45, 7) is -0.408. The SMILES string of the molecule is O=C1CNC(=O)CC(CC(F)(F)F)C(=O)N2CCCC(C2)NC(=O)CN1. The molecule has 2 fully saturated rings. The van der Waals surface area contributed by atoms with Crippen molar-refractivity contribution < 1.29 is 32.3 Å². The van der Waals surface area contributed by atoms with Crippen LogP contribution < -0.4 is 16.0 Å². The number of piperidine rings is 1. The fraction of sp³-hybridized carbons (Fsp3) is 0.733. The van der Waals surface area contributed by atoms with Crippen molar-refractivity contribution in [3.63, 3.8) is 0 Å². The lowest BCUT2D eigenvalue weighted by Crippen LogP contribution is -2.53. The van der Waals surface area contributed by atoms with Crippen molar-refractivity contribution in [3.05, 3.63) is 0 Å². The van der Waals surface area contributed by atoms with Crippen molar-refractivity contribution in [1.82, 2.24) is 20.9 Å². The van der Waals surface area contributed by atoms with E-state index in [0.29, 0.717) is 12.8 Å². The van der Waals surface area contributed by atoms with Gasteiger partial charge in [-0.3, -0.25) is 19.2 Å². The molecular formula is C15H21F3N4O4. The summed E-state index contributed by atoms with van der Waals surface area (Å²) < 4.78 is 38.5. The number of alkyl halides is 3. The van der Waals surface area contributed by atoms with Crippen molar-refractivity contribution in [2.45, 2.75) is 37.9 Å². The summed E-state index contributed by atoms with van der Waals surface area (Å²) in [5.74, 6) is -4.26. The molecule has 0 aromatic carbocycles. The maximum atomic E-state index is 12.8. The molecule has 0 spiro atoms. The largest absolute Gasteiger partial charge is 0.389 e. The highest BCUT2D eigenvalue weighted by atomic mass is 19.4. The first-order valence-electron chi connectivity index (χ1n) is 8.32. The normalized spacial score (nSPS) is 26.5. The summed E-state index contributed by atoms with van der Waals surface area (Å²) >= 11 is 0. The highest BCUT2D eigenvalue weighted by Gasteiger charge is 2.39. The molecule has 4 amide bonds. The lowest BCUT2D eigenvalue weighted by molar-refractivity contribution is -0.162. The molecule has 2 saturated heterocycles. The standard InChI is InChI=1S/C15H21F3N4O4/c16-15(17,18)5-9-4-11(23)19-6-12(24)20-7-13(25)21-10-2-1-3-22(8-10)14(9)26/h9-10H,1-8H2,(H,19,23)(H,20,24)(H,21,25).